The average molecular weight is 670 g/mol. The third-order valence-corrected chi connectivity index (χ3v) is 10.7. The molecule has 0 radical (unpaired) electrons. The van der Waals surface area contributed by atoms with Crippen LogP contribution in [0.25, 0.3) is 0 Å². The number of aliphatic hydroxyl groups excluding tert-OH is 1. The van der Waals surface area contributed by atoms with E-state index in [1.54, 1.807) is 0 Å². The molecule has 3 rings (SSSR count). The van der Waals surface area contributed by atoms with E-state index in [4.69, 9.17) is 0 Å². The van der Waals surface area contributed by atoms with Crippen LogP contribution in [0.1, 0.15) is 32.6 Å². The van der Waals surface area contributed by atoms with E-state index >= 15 is 0 Å². The van der Waals surface area contributed by atoms with E-state index in [-0.39, 0.29) is 18.6 Å². The second-order valence-corrected chi connectivity index (χ2v) is 12.7. The molecule has 0 heterocycles. The van der Waals surface area contributed by atoms with Gasteiger partial charge < -0.3 is 10.4 Å². The van der Waals surface area contributed by atoms with Crippen molar-refractivity contribution in [3.63, 3.8) is 0 Å². The Labute approximate surface area is 244 Å². The number of rotatable bonds is 7. The molecular formula is C27H26F11NO4S. The second-order valence-electron chi connectivity index (χ2n) is 10.5. The van der Waals surface area contributed by atoms with Crippen LogP contribution in [0.4, 0.5) is 48.3 Å². The average Bonchev–Trinajstić information content (AvgIpc) is 3.31. The molecule has 2 aliphatic rings. The van der Waals surface area contributed by atoms with Crippen LogP contribution in [0.3, 0.4) is 0 Å². The number of alkyl halides is 10. The largest absolute Gasteiger partial charge is 0.435 e. The van der Waals surface area contributed by atoms with Gasteiger partial charge in [0.2, 0.25) is 5.91 Å². The molecule has 0 aromatic heterocycles. The fourth-order valence-electron chi connectivity index (χ4n) is 5.92. The molecule has 0 saturated heterocycles. The Morgan fingerprint density at radius 1 is 1.05 bits per heavy atom. The van der Waals surface area contributed by atoms with Crippen molar-refractivity contribution < 1.29 is 66.6 Å². The number of carbonyl (C=O) groups is 1. The summed E-state index contributed by atoms with van der Waals surface area (Å²) in [6.45, 7) is 3.09. The fourth-order valence-corrected chi connectivity index (χ4v) is 8.36. The highest BCUT2D eigenvalue weighted by Crippen LogP contribution is 2.59. The normalized spacial score (nSPS) is 25.6. The van der Waals surface area contributed by atoms with Gasteiger partial charge >= 0.3 is 24.2 Å². The summed E-state index contributed by atoms with van der Waals surface area (Å²) >= 11 is 0. The zero-order chi connectivity index (χ0) is 33.7. The molecule has 1 aromatic rings. The van der Waals surface area contributed by atoms with Crippen LogP contribution < -0.4 is 5.32 Å². The minimum absolute atomic E-state index is 0.217. The second kappa shape index (κ2) is 11.8. The lowest BCUT2D eigenvalue weighted by molar-refractivity contribution is -0.325. The van der Waals surface area contributed by atoms with Gasteiger partial charge in [0.1, 0.15) is 10.6 Å². The number of nitrogens with one attached hydrogen (secondary N) is 1. The molecule has 1 amide bonds. The van der Waals surface area contributed by atoms with E-state index < -0.39 is 116 Å². The summed E-state index contributed by atoms with van der Waals surface area (Å²) in [5.41, 5.74) is -8.78. The van der Waals surface area contributed by atoms with Gasteiger partial charge in [-0.25, -0.2) is 17.2 Å². The van der Waals surface area contributed by atoms with Crippen molar-refractivity contribution in [1.29, 1.82) is 0 Å². The van der Waals surface area contributed by atoms with Crippen LogP contribution in [0.15, 0.2) is 64.6 Å². The van der Waals surface area contributed by atoms with Gasteiger partial charge in [0.05, 0.1) is 11.4 Å². The molecule has 0 aliphatic heterocycles. The molecule has 44 heavy (non-hydrogen) atoms. The maximum atomic E-state index is 15.0. The number of hydrogen-bond donors (Lipinski definition) is 2. The number of aliphatic hydroxyl groups is 1. The fraction of sp³-hybridized carbons (Fsp3) is 0.519. The highest BCUT2D eigenvalue weighted by Gasteiger charge is 2.74. The number of hydrogen-bond acceptors (Lipinski definition) is 4. The Morgan fingerprint density at radius 3 is 2.07 bits per heavy atom. The van der Waals surface area contributed by atoms with Gasteiger partial charge in [-0.2, -0.15) is 39.5 Å². The number of carbonyl (C=O) groups excluding carboxylic acids is 1. The lowest BCUT2D eigenvalue weighted by Crippen LogP contribution is -2.54. The summed E-state index contributed by atoms with van der Waals surface area (Å²) in [5.74, 6) is -4.62. The zero-order valence-electron chi connectivity index (χ0n) is 22.7. The summed E-state index contributed by atoms with van der Waals surface area (Å²) in [6.07, 6.45) is -22.3. The van der Waals surface area contributed by atoms with Crippen molar-refractivity contribution in [2.75, 3.05) is 6.54 Å². The van der Waals surface area contributed by atoms with Crippen molar-refractivity contribution in [2.45, 2.75) is 72.6 Å². The van der Waals surface area contributed by atoms with E-state index in [0.29, 0.717) is 6.92 Å². The first-order valence-electron chi connectivity index (χ1n) is 12.9. The molecular weight excluding hydrogens is 643 g/mol. The first-order valence-corrected chi connectivity index (χ1v) is 14.4. The van der Waals surface area contributed by atoms with Crippen LogP contribution in [0, 0.1) is 17.7 Å². The van der Waals surface area contributed by atoms with Crippen LogP contribution in [0.5, 0.6) is 0 Å². The molecule has 0 unspecified atom stereocenters. The monoisotopic (exact) mass is 669 g/mol. The molecule has 0 bridgehead atoms. The van der Waals surface area contributed by atoms with Crippen molar-refractivity contribution in [2.24, 2.45) is 11.8 Å². The molecule has 2 N–H and O–H groups in total. The Kier molecular flexibility index (Phi) is 9.50. The Balaban J connectivity index is 2.16. The molecule has 2 aliphatic carbocycles. The standard InChI is InChI=1S/C27H26F11NO4S/c1-3-16(24(29,26(33,34)35)27(36,37)38)12-15-4-9-20-19(22(41)39-13-21(40)25(30,31)32)10-11-23(20,14(15)2)44(42,43)18-7-5-17(28)6-8-18/h3,5-8,12,19-21,40H,2,4,9-11,13H2,1H3,(H,39,41)/b15-12-,16-3+/t19-,20+,21+,23-/m1/s1. The summed E-state index contributed by atoms with van der Waals surface area (Å²) in [4.78, 5) is 12.4. The van der Waals surface area contributed by atoms with E-state index in [0.717, 1.165) is 24.3 Å². The molecule has 0 spiro atoms. The molecule has 246 valence electrons. The van der Waals surface area contributed by atoms with Crippen molar-refractivity contribution >= 4 is 15.7 Å². The number of fused-ring (bicyclic) bond motifs is 1. The van der Waals surface area contributed by atoms with Crippen molar-refractivity contribution in [3.8, 4) is 0 Å². The van der Waals surface area contributed by atoms with Crippen LogP contribution in [0.2, 0.25) is 0 Å². The predicted molar refractivity (Wildman–Crippen MR) is 134 cm³/mol. The van der Waals surface area contributed by atoms with Crippen LogP contribution in [-0.2, 0) is 14.6 Å². The SMILES string of the molecule is C=C1/C(=C\C(=C/C)C(F)(C(F)(F)F)C(F)(F)F)CC[C@H]2[C@H](C(=O)NC[C@H](O)C(F)(F)F)CC[C@@]12S(=O)(=O)c1ccc(F)cc1. The van der Waals surface area contributed by atoms with Gasteiger partial charge in [-0.05, 0) is 73.9 Å². The first-order chi connectivity index (χ1) is 20.0. The summed E-state index contributed by atoms with van der Waals surface area (Å²) in [6, 6.07) is 3.21. The Morgan fingerprint density at radius 2 is 1.59 bits per heavy atom. The van der Waals surface area contributed by atoms with Crippen molar-refractivity contribution in [1.82, 2.24) is 5.32 Å². The highest BCUT2D eigenvalue weighted by atomic mass is 32.2. The number of halogens is 11. The third kappa shape index (κ3) is 5.88. The van der Waals surface area contributed by atoms with Crippen molar-refractivity contribution in [3.05, 3.63) is 65.5 Å². The predicted octanol–water partition coefficient (Wildman–Crippen LogP) is 6.46. The smallest absolute Gasteiger partial charge is 0.382 e. The van der Waals surface area contributed by atoms with E-state index in [1.807, 2.05) is 5.32 Å². The number of amides is 1. The van der Waals surface area contributed by atoms with Gasteiger partial charge in [-0.15, -0.1) is 0 Å². The van der Waals surface area contributed by atoms with E-state index in [2.05, 4.69) is 6.58 Å². The molecule has 1 aromatic carbocycles. The van der Waals surface area contributed by atoms with Crippen LogP contribution >= 0.6 is 0 Å². The topological polar surface area (TPSA) is 83.5 Å². The summed E-state index contributed by atoms with van der Waals surface area (Å²) < 4.78 is 174. The molecule has 2 fully saturated rings. The maximum Gasteiger partial charge on any atom is 0.435 e. The first kappa shape index (κ1) is 35.5. The number of sulfone groups is 1. The molecule has 17 heteroatoms. The lowest BCUT2D eigenvalue weighted by atomic mass is 9.71. The molecule has 4 atom stereocenters. The van der Waals surface area contributed by atoms with E-state index in [1.165, 1.54) is 0 Å². The number of allylic oxidation sites excluding steroid dienone is 4. The van der Waals surface area contributed by atoms with Gasteiger partial charge in [0.25, 0.3) is 0 Å². The van der Waals surface area contributed by atoms with Gasteiger partial charge in [-0.1, -0.05) is 18.7 Å². The quantitative estimate of drug-likeness (QED) is 0.258. The third-order valence-electron chi connectivity index (χ3n) is 8.14. The molecule has 5 nitrogen and oxygen atoms in total. The van der Waals surface area contributed by atoms with Crippen LogP contribution in [-0.4, -0.2) is 61.0 Å². The molecule has 2 saturated carbocycles. The maximum absolute atomic E-state index is 15.0. The van der Waals surface area contributed by atoms with Gasteiger partial charge in [-0.3, -0.25) is 4.79 Å². The highest BCUT2D eigenvalue weighted by molar-refractivity contribution is 7.93. The van der Waals surface area contributed by atoms with E-state index in [9.17, 15) is 66.6 Å². The number of benzene rings is 1. The Hall–Kier alpha value is -2.95. The van der Waals surface area contributed by atoms with Gasteiger partial charge in [0.15, 0.2) is 15.9 Å². The zero-order valence-corrected chi connectivity index (χ0v) is 23.5. The van der Waals surface area contributed by atoms with Gasteiger partial charge in [0, 0.05) is 11.5 Å². The Bertz CT molecular complexity index is 1430. The summed E-state index contributed by atoms with van der Waals surface area (Å²) in [5, 5.41) is 11.1. The minimum atomic E-state index is -6.47. The lowest BCUT2D eigenvalue weighted by Gasteiger charge is -2.43. The summed E-state index contributed by atoms with van der Waals surface area (Å²) in [7, 11) is -4.79. The minimum Gasteiger partial charge on any atom is -0.382 e.